The molecule has 1 aliphatic heterocycles. The van der Waals surface area contributed by atoms with E-state index in [9.17, 15) is 9.90 Å². The quantitative estimate of drug-likeness (QED) is 0.437. The first-order valence-electron chi connectivity index (χ1n) is 10.2. The summed E-state index contributed by atoms with van der Waals surface area (Å²) in [7, 11) is 0. The van der Waals surface area contributed by atoms with Crippen LogP contribution >= 0.6 is 12.2 Å². The lowest BCUT2D eigenvalue weighted by Crippen LogP contribution is -2.30. The van der Waals surface area contributed by atoms with Crippen LogP contribution < -0.4 is 10.2 Å². The Hall–Kier alpha value is -3.97. The lowest BCUT2D eigenvalue weighted by Gasteiger charge is -2.29. The Morgan fingerprint density at radius 1 is 0.906 bits per heavy atom. The average Bonchev–Trinajstić information content (AvgIpc) is 3.44. The van der Waals surface area contributed by atoms with Gasteiger partial charge in [0.1, 0.15) is 6.04 Å². The number of carboxylic acids is 1. The number of thiocarbonyl (C=S) groups is 1. The molecular formula is C25H20N4O2S. The molecule has 2 aromatic carbocycles. The van der Waals surface area contributed by atoms with Crippen LogP contribution in [-0.2, 0) is 0 Å². The molecule has 32 heavy (non-hydrogen) atoms. The van der Waals surface area contributed by atoms with Crippen molar-refractivity contribution in [3.8, 4) is 5.69 Å². The number of carbonyl (C=O) groups is 1. The highest BCUT2D eigenvalue weighted by Gasteiger charge is 2.42. The van der Waals surface area contributed by atoms with Gasteiger partial charge in [-0.05, 0) is 72.9 Å². The lowest BCUT2D eigenvalue weighted by molar-refractivity contribution is 0.0697. The van der Waals surface area contributed by atoms with E-state index in [-0.39, 0.29) is 17.6 Å². The molecule has 2 atom stereocenters. The molecule has 0 radical (unpaired) electrons. The fourth-order valence-electron chi connectivity index (χ4n) is 4.16. The number of anilines is 1. The van der Waals surface area contributed by atoms with E-state index in [2.05, 4.69) is 25.8 Å². The fourth-order valence-corrected chi connectivity index (χ4v) is 4.50. The second-order valence-corrected chi connectivity index (χ2v) is 7.87. The summed E-state index contributed by atoms with van der Waals surface area (Å²) in [5.41, 5.74) is 4.03. The summed E-state index contributed by atoms with van der Waals surface area (Å²) < 4.78 is 2.07. The minimum atomic E-state index is -0.944. The maximum Gasteiger partial charge on any atom is 0.335 e. The van der Waals surface area contributed by atoms with Gasteiger partial charge in [-0.25, -0.2) is 4.79 Å². The average molecular weight is 441 g/mol. The Morgan fingerprint density at radius 2 is 1.66 bits per heavy atom. The van der Waals surface area contributed by atoms with Gasteiger partial charge in [-0.3, -0.25) is 4.98 Å². The smallest absolute Gasteiger partial charge is 0.335 e. The molecule has 5 rings (SSSR count). The van der Waals surface area contributed by atoms with Gasteiger partial charge in [-0.1, -0.05) is 24.3 Å². The van der Waals surface area contributed by atoms with Crippen molar-refractivity contribution in [2.45, 2.75) is 12.1 Å². The largest absolute Gasteiger partial charge is 0.478 e. The van der Waals surface area contributed by atoms with Crippen molar-refractivity contribution in [3.63, 3.8) is 0 Å². The third-order valence-corrected chi connectivity index (χ3v) is 5.92. The lowest BCUT2D eigenvalue weighted by atomic mass is 10.0. The highest BCUT2D eigenvalue weighted by Crippen LogP contribution is 2.42. The summed E-state index contributed by atoms with van der Waals surface area (Å²) in [4.78, 5) is 18.0. The van der Waals surface area contributed by atoms with Gasteiger partial charge in [0.25, 0.3) is 0 Å². The summed E-state index contributed by atoms with van der Waals surface area (Å²) in [6.45, 7) is 0. The molecule has 7 heteroatoms. The van der Waals surface area contributed by atoms with Crippen LogP contribution in [0.4, 0.5) is 5.69 Å². The zero-order chi connectivity index (χ0) is 22.1. The van der Waals surface area contributed by atoms with Gasteiger partial charge in [0, 0.05) is 29.5 Å². The monoisotopic (exact) mass is 440 g/mol. The van der Waals surface area contributed by atoms with E-state index in [1.165, 1.54) is 0 Å². The number of pyridine rings is 1. The number of nitrogens with one attached hydrogen (secondary N) is 1. The number of aromatic carboxylic acids is 1. The van der Waals surface area contributed by atoms with Gasteiger partial charge in [-0.2, -0.15) is 0 Å². The summed E-state index contributed by atoms with van der Waals surface area (Å²) in [6.07, 6.45) is 3.76. The molecule has 158 valence electrons. The molecule has 1 fully saturated rings. The van der Waals surface area contributed by atoms with Gasteiger partial charge in [0.15, 0.2) is 5.11 Å². The maximum absolute atomic E-state index is 11.3. The van der Waals surface area contributed by atoms with Gasteiger partial charge >= 0.3 is 5.97 Å². The zero-order valence-corrected chi connectivity index (χ0v) is 17.8. The Balaban J connectivity index is 1.63. The molecule has 2 aromatic heterocycles. The number of para-hydroxylation sites is 1. The minimum Gasteiger partial charge on any atom is -0.478 e. The number of nitrogens with zero attached hydrogens (tertiary/aromatic N) is 3. The molecule has 1 saturated heterocycles. The predicted octanol–water partition coefficient (Wildman–Crippen LogP) is 4.75. The highest BCUT2D eigenvalue weighted by molar-refractivity contribution is 7.80. The first-order chi connectivity index (χ1) is 15.6. The summed E-state index contributed by atoms with van der Waals surface area (Å²) in [5, 5.41) is 13.3. The molecule has 3 heterocycles. The molecule has 1 aliphatic rings. The topological polar surface area (TPSA) is 70.4 Å². The molecule has 0 saturated carbocycles. The first-order valence-corrected chi connectivity index (χ1v) is 10.6. The third kappa shape index (κ3) is 3.52. The molecule has 0 amide bonds. The number of rotatable bonds is 5. The normalized spacial score (nSPS) is 17.9. The van der Waals surface area contributed by atoms with Crippen LogP contribution in [0.2, 0.25) is 0 Å². The Morgan fingerprint density at radius 3 is 2.34 bits per heavy atom. The van der Waals surface area contributed by atoms with E-state index < -0.39 is 5.97 Å². The van der Waals surface area contributed by atoms with Crippen molar-refractivity contribution in [1.29, 1.82) is 0 Å². The van der Waals surface area contributed by atoms with Gasteiger partial charge < -0.3 is 19.9 Å². The van der Waals surface area contributed by atoms with Crippen molar-refractivity contribution in [1.82, 2.24) is 14.9 Å². The van der Waals surface area contributed by atoms with Crippen molar-refractivity contribution < 1.29 is 9.90 Å². The van der Waals surface area contributed by atoms with E-state index in [1.807, 2.05) is 72.9 Å². The number of benzene rings is 2. The summed E-state index contributed by atoms with van der Waals surface area (Å²) in [5.74, 6) is -0.944. The fraction of sp³-hybridized carbons (Fsp3) is 0.0800. The van der Waals surface area contributed by atoms with Crippen LogP contribution in [0.1, 0.15) is 33.8 Å². The van der Waals surface area contributed by atoms with Crippen LogP contribution in [0.15, 0.2) is 97.3 Å². The van der Waals surface area contributed by atoms with Crippen LogP contribution in [-0.4, -0.2) is 25.7 Å². The highest BCUT2D eigenvalue weighted by atomic mass is 32.1. The molecule has 4 aromatic rings. The van der Waals surface area contributed by atoms with Crippen molar-refractivity contribution in [2.75, 3.05) is 4.90 Å². The molecular weight excluding hydrogens is 420 g/mol. The van der Waals surface area contributed by atoms with Gasteiger partial charge in [-0.15, -0.1) is 0 Å². The standard InChI is InChI=1S/C25H20N4O2S/c30-24(31)17-11-13-18(14-12-17)28-16-6-10-21(28)23-22(20-9-4-5-15-26-20)27-25(32)29(23)19-7-2-1-3-8-19/h1-16,22-23H,(H,27,32)(H,30,31)/t22-,23-/m0/s1. The SMILES string of the molecule is O=C(O)c1ccc(-n2cccc2[C@H]2[C@H](c3ccccn3)NC(=S)N2c2ccccc2)cc1. The predicted molar refractivity (Wildman–Crippen MR) is 127 cm³/mol. The number of carboxylic acid groups (broad SMARTS) is 1. The van der Waals surface area contributed by atoms with Crippen LogP contribution in [0.5, 0.6) is 0 Å². The molecule has 0 spiro atoms. The van der Waals surface area contributed by atoms with E-state index in [0.29, 0.717) is 5.11 Å². The van der Waals surface area contributed by atoms with Crippen molar-refractivity contribution >= 4 is 29.0 Å². The van der Waals surface area contributed by atoms with Gasteiger partial charge in [0.2, 0.25) is 0 Å². The van der Waals surface area contributed by atoms with E-state index in [4.69, 9.17) is 12.2 Å². The number of aromatic nitrogens is 2. The maximum atomic E-state index is 11.3. The molecule has 0 bridgehead atoms. The third-order valence-electron chi connectivity index (χ3n) is 5.61. The van der Waals surface area contributed by atoms with Crippen molar-refractivity contribution in [2.24, 2.45) is 0 Å². The molecule has 0 aliphatic carbocycles. The number of hydrogen-bond donors (Lipinski definition) is 2. The van der Waals surface area contributed by atoms with E-state index in [0.717, 1.165) is 22.8 Å². The van der Waals surface area contributed by atoms with Crippen LogP contribution in [0, 0.1) is 0 Å². The molecule has 6 nitrogen and oxygen atoms in total. The Kier molecular flexibility index (Phi) is 5.17. The van der Waals surface area contributed by atoms with E-state index in [1.54, 1.807) is 18.3 Å². The van der Waals surface area contributed by atoms with Crippen LogP contribution in [0.25, 0.3) is 5.69 Å². The second-order valence-electron chi connectivity index (χ2n) is 7.49. The molecule has 2 N–H and O–H groups in total. The second kappa shape index (κ2) is 8.28. The summed E-state index contributed by atoms with van der Waals surface area (Å²) >= 11 is 5.77. The minimum absolute atomic E-state index is 0.157. The van der Waals surface area contributed by atoms with Crippen LogP contribution in [0.3, 0.4) is 0 Å². The zero-order valence-electron chi connectivity index (χ0n) is 17.0. The van der Waals surface area contributed by atoms with Crippen molar-refractivity contribution in [3.05, 3.63) is 114 Å². The van der Waals surface area contributed by atoms with Gasteiger partial charge in [0.05, 0.1) is 17.3 Å². The Labute approximate surface area is 190 Å². The first kappa shape index (κ1) is 20.0. The Bertz CT molecular complexity index is 1260. The van der Waals surface area contributed by atoms with E-state index >= 15 is 0 Å². The molecule has 0 unspecified atom stereocenters. The number of hydrogen-bond acceptors (Lipinski definition) is 3. The summed E-state index contributed by atoms with van der Waals surface area (Å²) in [6, 6.07) is 26.5.